The second kappa shape index (κ2) is 25.1. The van der Waals surface area contributed by atoms with Crippen LogP contribution >= 0.6 is 11.6 Å². The van der Waals surface area contributed by atoms with Gasteiger partial charge in [0.25, 0.3) is 0 Å². The molecule has 0 bridgehead atoms. The lowest BCUT2D eigenvalue weighted by Gasteiger charge is -2.33. The number of aliphatic carboxylic acids is 1. The van der Waals surface area contributed by atoms with Crippen LogP contribution in [0.25, 0.3) is 0 Å². The largest absolute Gasteiger partial charge is 0.481 e. The van der Waals surface area contributed by atoms with Crippen molar-refractivity contribution in [3.05, 3.63) is 185 Å². The van der Waals surface area contributed by atoms with Crippen LogP contribution in [0.2, 0.25) is 5.15 Å². The normalized spacial score (nSPS) is 15.3. The summed E-state index contributed by atoms with van der Waals surface area (Å²) in [5.41, 5.74) is 3.57. The molecule has 0 aliphatic carbocycles. The van der Waals surface area contributed by atoms with Crippen molar-refractivity contribution in [3.63, 3.8) is 0 Å². The van der Waals surface area contributed by atoms with Crippen LogP contribution in [0.1, 0.15) is 92.7 Å². The number of esters is 2. The van der Waals surface area contributed by atoms with Crippen LogP contribution in [0.15, 0.2) is 146 Å². The number of rotatable bonds is 14. The number of benzene rings is 3. The van der Waals surface area contributed by atoms with Crippen LogP contribution in [-0.2, 0) is 33.3 Å². The summed E-state index contributed by atoms with van der Waals surface area (Å²) in [6.45, 7) is 17.4. The molecule has 3 aromatic carbocycles. The van der Waals surface area contributed by atoms with Gasteiger partial charge in [-0.1, -0.05) is 121 Å². The van der Waals surface area contributed by atoms with Crippen molar-refractivity contribution in [3.8, 4) is 0 Å². The van der Waals surface area contributed by atoms with Gasteiger partial charge in [-0.3, -0.25) is 14.4 Å². The predicted molar refractivity (Wildman–Crippen MR) is 282 cm³/mol. The molecule has 2 fully saturated rings. The number of carboxylic acid groups (broad SMARTS) is 1. The van der Waals surface area contributed by atoms with Gasteiger partial charge in [-0.25, -0.2) is 15.0 Å². The van der Waals surface area contributed by atoms with E-state index in [0.717, 1.165) is 84.4 Å². The van der Waals surface area contributed by atoms with Crippen LogP contribution in [0.5, 0.6) is 0 Å². The highest BCUT2D eigenvalue weighted by atomic mass is 35.5. The van der Waals surface area contributed by atoms with Crippen LogP contribution in [-0.4, -0.2) is 105 Å². The molecule has 14 heteroatoms. The van der Waals surface area contributed by atoms with E-state index < -0.39 is 22.2 Å². The van der Waals surface area contributed by atoms with Gasteiger partial charge < -0.3 is 33.9 Å². The molecule has 5 heterocycles. The number of pyridine rings is 3. The number of halogens is 1. The molecule has 2 saturated heterocycles. The quantitative estimate of drug-likeness (QED) is 0.0814. The molecule has 380 valence electrons. The molecule has 0 amide bonds. The lowest BCUT2D eigenvalue weighted by molar-refractivity contribution is -0.152. The Labute approximate surface area is 429 Å². The first-order valence-electron chi connectivity index (χ1n) is 24.2. The number of nitrogens with zero attached hydrogens (tertiary/aromatic N) is 5. The zero-order chi connectivity index (χ0) is 51.9. The summed E-state index contributed by atoms with van der Waals surface area (Å²) >= 11 is 5.86. The van der Waals surface area contributed by atoms with Gasteiger partial charge in [0.15, 0.2) is 0 Å². The molecule has 0 spiro atoms. The lowest BCUT2D eigenvalue weighted by atomic mass is 9.71. The first-order valence-corrected chi connectivity index (χ1v) is 24.6. The number of aromatic nitrogens is 3. The van der Waals surface area contributed by atoms with Crippen LogP contribution in [0.3, 0.4) is 0 Å². The maximum atomic E-state index is 12.5. The summed E-state index contributed by atoms with van der Waals surface area (Å²) in [7, 11) is 2.85. The number of anilines is 2. The third kappa shape index (κ3) is 13.4. The number of carbonyl (C=O) groups excluding carboxylic acids is 2. The minimum Gasteiger partial charge on any atom is -0.481 e. The number of hydrogen-bond acceptors (Lipinski definition) is 12. The van der Waals surface area contributed by atoms with Gasteiger partial charge in [0.05, 0.1) is 56.9 Å². The van der Waals surface area contributed by atoms with Crippen molar-refractivity contribution in [1.29, 1.82) is 0 Å². The highest BCUT2D eigenvalue weighted by Crippen LogP contribution is 2.44. The average Bonchev–Trinajstić information content (AvgIpc) is 3.41. The molecule has 0 saturated carbocycles. The SMILES string of the molecule is CC(C)(C(=O)O)C(c1ccccc1)c1ccc(N2CCOCC2)nc1.COC(=O)C(C)(C)C(c1ccccc1)c1ccc(Cl)nc1.COC(=O)C(C)(C)C(c1ccccc1)c1ccc(N2CCOCC2)nc1. The highest BCUT2D eigenvalue weighted by Gasteiger charge is 2.42. The maximum absolute atomic E-state index is 12.5. The van der Waals surface area contributed by atoms with E-state index in [1.807, 2.05) is 155 Å². The van der Waals surface area contributed by atoms with E-state index in [1.54, 1.807) is 26.1 Å². The second-order valence-electron chi connectivity index (χ2n) is 19.5. The van der Waals surface area contributed by atoms with Crippen molar-refractivity contribution in [2.75, 3.05) is 76.6 Å². The van der Waals surface area contributed by atoms with Gasteiger partial charge in [0.2, 0.25) is 0 Å². The molecule has 3 aromatic heterocycles. The molecule has 72 heavy (non-hydrogen) atoms. The highest BCUT2D eigenvalue weighted by molar-refractivity contribution is 6.29. The monoisotopic (exact) mass is 997 g/mol. The van der Waals surface area contributed by atoms with Gasteiger partial charge in [-0.15, -0.1) is 0 Å². The van der Waals surface area contributed by atoms with Crippen molar-refractivity contribution in [1.82, 2.24) is 15.0 Å². The number of ether oxygens (including phenoxy) is 4. The zero-order valence-electron chi connectivity index (χ0n) is 42.7. The molecule has 13 nitrogen and oxygen atoms in total. The summed E-state index contributed by atoms with van der Waals surface area (Å²) in [5.74, 6) is -0.0176. The summed E-state index contributed by atoms with van der Waals surface area (Å²) in [6, 6.07) is 41.4. The predicted octanol–water partition coefficient (Wildman–Crippen LogP) is 10.5. The maximum Gasteiger partial charge on any atom is 0.312 e. The van der Waals surface area contributed by atoms with E-state index in [1.165, 1.54) is 14.2 Å². The van der Waals surface area contributed by atoms with E-state index in [9.17, 15) is 19.5 Å². The molecule has 3 unspecified atom stereocenters. The Morgan fingerprint density at radius 1 is 0.486 bits per heavy atom. The van der Waals surface area contributed by atoms with Gasteiger partial charge >= 0.3 is 17.9 Å². The fourth-order valence-corrected chi connectivity index (χ4v) is 9.66. The Balaban J connectivity index is 0.000000178. The third-order valence-electron chi connectivity index (χ3n) is 13.5. The second-order valence-corrected chi connectivity index (χ2v) is 19.9. The molecule has 1 N–H and O–H groups in total. The van der Waals surface area contributed by atoms with Crippen molar-refractivity contribution in [2.24, 2.45) is 16.2 Å². The molecule has 8 rings (SSSR count). The molecule has 6 aromatic rings. The summed E-state index contributed by atoms with van der Waals surface area (Å²) in [6.07, 6.45) is 5.41. The molecule has 0 radical (unpaired) electrons. The van der Waals surface area contributed by atoms with Crippen molar-refractivity contribution < 1.29 is 38.4 Å². The molecule has 3 atom stereocenters. The smallest absolute Gasteiger partial charge is 0.312 e. The first kappa shape index (κ1) is 54.7. The van der Waals surface area contributed by atoms with Crippen molar-refractivity contribution in [2.45, 2.75) is 59.3 Å². The minimum atomic E-state index is -0.941. The Kier molecular flexibility index (Phi) is 19.1. The van der Waals surface area contributed by atoms with Gasteiger partial charge in [-0.05, 0) is 93.1 Å². The standard InChI is InChI=1S/C21H26N2O3.C20H24N2O3.C17H18ClNO2/c1-21(2,20(24)25-3)19(16-7-5-4-6-8-16)17-9-10-18(22-15-17)23-11-13-26-14-12-23;1-20(2,19(23)24)18(15-6-4-3-5-7-15)16-8-9-17(21-14-16)22-10-12-25-13-11-22;1-17(2,16(20)21-3)15(12-7-5-4-6-8-12)13-9-10-14(18)19-11-13/h4-10,15,19H,11-14H2,1-3H3;3-9,14,18H,10-13H2,1-2H3,(H,23,24);4-11,15H,1-3H3. The van der Waals surface area contributed by atoms with E-state index in [-0.39, 0.29) is 29.7 Å². The van der Waals surface area contributed by atoms with Crippen LogP contribution < -0.4 is 9.80 Å². The van der Waals surface area contributed by atoms with Gasteiger partial charge in [0, 0.05) is 62.5 Å². The van der Waals surface area contributed by atoms with Gasteiger partial charge in [0.1, 0.15) is 16.8 Å². The van der Waals surface area contributed by atoms with E-state index in [4.69, 9.17) is 30.5 Å². The topological polar surface area (TPSA) is 154 Å². The van der Waals surface area contributed by atoms with E-state index in [0.29, 0.717) is 18.4 Å². The number of morpholine rings is 2. The van der Waals surface area contributed by atoms with E-state index in [2.05, 4.69) is 30.8 Å². The number of carboxylic acids is 1. The third-order valence-corrected chi connectivity index (χ3v) is 13.7. The van der Waals surface area contributed by atoms with E-state index >= 15 is 0 Å². The summed E-state index contributed by atoms with van der Waals surface area (Å²) in [5, 5.41) is 10.2. The number of hydrogen-bond donors (Lipinski definition) is 1. The Bertz CT molecular complexity index is 2620. The molecular formula is C58H68ClN5O8. The minimum absolute atomic E-state index is 0.137. The fourth-order valence-electron chi connectivity index (χ4n) is 9.55. The number of methoxy groups -OCH3 is 2. The molecule has 2 aliphatic rings. The number of carbonyl (C=O) groups is 3. The fraction of sp³-hybridized carbons (Fsp3) is 0.379. The molecule has 2 aliphatic heterocycles. The summed E-state index contributed by atoms with van der Waals surface area (Å²) < 4.78 is 20.8. The first-order chi connectivity index (χ1) is 34.5. The zero-order valence-corrected chi connectivity index (χ0v) is 43.4. The van der Waals surface area contributed by atoms with Gasteiger partial charge in [-0.2, -0.15) is 0 Å². The van der Waals surface area contributed by atoms with Crippen LogP contribution in [0.4, 0.5) is 11.6 Å². The average molecular weight is 999 g/mol. The van der Waals surface area contributed by atoms with Crippen molar-refractivity contribution >= 4 is 41.1 Å². The Hall–Kier alpha value is -6.67. The summed E-state index contributed by atoms with van der Waals surface area (Å²) in [4.78, 5) is 54.4. The lowest BCUT2D eigenvalue weighted by Crippen LogP contribution is -2.37. The molecular weight excluding hydrogens is 930 g/mol. The Morgan fingerprint density at radius 3 is 1.08 bits per heavy atom. The van der Waals surface area contributed by atoms with Crippen LogP contribution in [0, 0.1) is 16.2 Å². The Morgan fingerprint density at radius 2 is 0.806 bits per heavy atom.